The van der Waals surface area contributed by atoms with Crippen LogP contribution in [0.1, 0.15) is 33.7 Å². The number of carbonyl (C=O) groups is 1. The van der Waals surface area contributed by atoms with Gasteiger partial charge in [-0.25, -0.2) is 9.97 Å². The Kier molecular flexibility index (Phi) is 5.39. The molecule has 1 amide bonds. The Balaban J connectivity index is 1.56. The highest BCUT2D eigenvalue weighted by molar-refractivity contribution is 7.09. The predicted octanol–water partition coefficient (Wildman–Crippen LogP) is 2.39. The first kappa shape index (κ1) is 17.1. The van der Waals surface area contributed by atoms with E-state index in [4.69, 9.17) is 0 Å². The van der Waals surface area contributed by atoms with Crippen LogP contribution >= 0.6 is 11.3 Å². The molecule has 0 radical (unpaired) electrons. The van der Waals surface area contributed by atoms with Crippen LogP contribution in [0.2, 0.25) is 0 Å². The molecule has 3 rings (SSSR count). The van der Waals surface area contributed by atoms with Gasteiger partial charge in [-0.3, -0.25) is 9.89 Å². The Morgan fingerprint density at radius 2 is 2.24 bits per heavy atom. The summed E-state index contributed by atoms with van der Waals surface area (Å²) in [4.78, 5) is 23.0. The van der Waals surface area contributed by atoms with E-state index in [1.165, 1.54) is 0 Å². The molecule has 8 heteroatoms. The van der Waals surface area contributed by atoms with E-state index in [0.29, 0.717) is 18.7 Å². The molecule has 0 aliphatic rings. The minimum atomic E-state index is -0.150. The molecule has 130 valence electrons. The van der Waals surface area contributed by atoms with Gasteiger partial charge in [0.15, 0.2) is 0 Å². The van der Waals surface area contributed by atoms with Gasteiger partial charge in [-0.15, -0.1) is 11.3 Å². The van der Waals surface area contributed by atoms with Gasteiger partial charge in [-0.05, 0) is 24.6 Å². The van der Waals surface area contributed by atoms with E-state index < -0.39 is 0 Å². The Bertz CT molecular complexity index is 812. The smallest absolute Gasteiger partial charge is 0.253 e. The molecule has 3 heterocycles. The summed E-state index contributed by atoms with van der Waals surface area (Å²) in [5.41, 5.74) is 2.59. The first-order chi connectivity index (χ1) is 12.2. The second kappa shape index (κ2) is 7.89. The third kappa shape index (κ3) is 4.42. The van der Waals surface area contributed by atoms with Crippen LogP contribution in [0.3, 0.4) is 0 Å². The fraction of sp³-hybridized carbons (Fsp3) is 0.294. The molecule has 0 aromatic carbocycles. The third-order valence-electron chi connectivity index (χ3n) is 3.73. The van der Waals surface area contributed by atoms with Gasteiger partial charge in [0.2, 0.25) is 0 Å². The number of pyridine rings is 1. The molecule has 7 nitrogen and oxygen atoms in total. The fourth-order valence-electron chi connectivity index (χ4n) is 2.31. The maximum absolute atomic E-state index is 12.2. The Morgan fingerprint density at radius 3 is 2.88 bits per heavy atom. The zero-order chi connectivity index (χ0) is 17.6. The van der Waals surface area contributed by atoms with Crippen LogP contribution < -0.4 is 10.2 Å². The van der Waals surface area contributed by atoms with Gasteiger partial charge in [0.1, 0.15) is 10.8 Å². The number of aryl methyl sites for hydroxylation is 1. The van der Waals surface area contributed by atoms with Crippen molar-refractivity contribution >= 4 is 23.1 Å². The van der Waals surface area contributed by atoms with Gasteiger partial charge < -0.3 is 10.2 Å². The molecule has 0 saturated heterocycles. The molecule has 0 unspecified atom stereocenters. The summed E-state index contributed by atoms with van der Waals surface area (Å²) in [5.74, 6) is 0.641. The molecule has 0 saturated carbocycles. The number of anilines is 1. The zero-order valence-electron chi connectivity index (χ0n) is 14.2. The fourth-order valence-corrected chi connectivity index (χ4v) is 3.12. The molecule has 3 aromatic heterocycles. The van der Waals surface area contributed by atoms with Gasteiger partial charge in [0, 0.05) is 24.8 Å². The van der Waals surface area contributed by atoms with E-state index in [2.05, 4.69) is 32.4 Å². The van der Waals surface area contributed by atoms with E-state index in [1.54, 1.807) is 29.8 Å². The summed E-state index contributed by atoms with van der Waals surface area (Å²) in [5, 5.41) is 12.7. The molecule has 3 aromatic rings. The van der Waals surface area contributed by atoms with Gasteiger partial charge in [0.25, 0.3) is 5.91 Å². The molecule has 0 atom stereocenters. The number of hydrogen-bond donors (Lipinski definition) is 2. The summed E-state index contributed by atoms with van der Waals surface area (Å²) >= 11 is 1.56. The topological polar surface area (TPSA) is 86.8 Å². The molecule has 0 aliphatic heterocycles. The van der Waals surface area contributed by atoms with Crippen molar-refractivity contribution in [3.8, 4) is 0 Å². The largest absolute Gasteiger partial charge is 0.354 e. The average Bonchev–Trinajstić information content (AvgIpc) is 3.31. The molecule has 25 heavy (non-hydrogen) atoms. The third-order valence-corrected chi connectivity index (χ3v) is 4.63. The molecular formula is C17H20N6OS. The quantitative estimate of drug-likeness (QED) is 0.679. The number of carbonyl (C=O) groups excluding carboxylic acids is 1. The number of aromatic nitrogens is 4. The predicted molar refractivity (Wildman–Crippen MR) is 97.6 cm³/mol. The second-order valence-corrected chi connectivity index (χ2v) is 6.55. The Hall–Kier alpha value is -2.74. The summed E-state index contributed by atoms with van der Waals surface area (Å²) < 4.78 is 0. The summed E-state index contributed by atoms with van der Waals surface area (Å²) in [6.07, 6.45) is 4.21. The highest BCUT2D eigenvalue weighted by atomic mass is 32.1. The van der Waals surface area contributed by atoms with Gasteiger partial charge in [-0.2, -0.15) is 5.10 Å². The summed E-state index contributed by atoms with van der Waals surface area (Å²) in [6, 6.07) is 5.53. The van der Waals surface area contributed by atoms with Gasteiger partial charge in [0.05, 0.1) is 30.0 Å². The standard InChI is InChI=1S/C17H20N6OS/c1-3-13-11-25-16(21-13)9-19-17(24)12-4-5-15(18-8-12)23(2)10-14-6-7-20-22-14/h4-8,11H,3,9-10H2,1-2H3,(H,19,24)(H,20,22). The van der Waals surface area contributed by atoms with Crippen molar-refractivity contribution in [3.05, 3.63) is 57.9 Å². The van der Waals surface area contributed by atoms with E-state index in [0.717, 1.165) is 28.6 Å². The first-order valence-corrected chi connectivity index (χ1v) is 8.90. The lowest BCUT2D eigenvalue weighted by Gasteiger charge is -2.17. The first-order valence-electron chi connectivity index (χ1n) is 8.02. The van der Waals surface area contributed by atoms with Crippen LogP contribution in [0.15, 0.2) is 36.0 Å². The van der Waals surface area contributed by atoms with Crippen molar-refractivity contribution in [2.45, 2.75) is 26.4 Å². The van der Waals surface area contributed by atoms with Crippen molar-refractivity contribution in [1.82, 2.24) is 25.5 Å². The molecule has 0 bridgehead atoms. The van der Waals surface area contributed by atoms with Crippen molar-refractivity contribution in [2.24, 2.45) is 0 Å². The van der Waals surface area contributed by atoms with Crippen LogP contribution in [0.4, 0.5) is 5.82 Å². The lowest BCUT2D eigenvalue weighted by molar-refractivity contribution is 0.0950. The van der Waals surface area contributed by atoms with E-state index in [1.807, 2.05) is 29.5 Å². The zero-order valence-corrected chi connectivity index (χ0v) is 15.0. The van der Waals surface area contributed by atoms with Crippen molar-refractivity contribution in [2.75, 3.05) is 11.9 Å². The van der Waals surface area contributed by atoms with Crippen LogP contribution in [-0.2, 0) is 19.5 Å². The number of aromatic amines is 1. The molecule has 2 N–H and O–H groups in total. The number of amides is 1. The molecular weight excluding hydrogens is 336 g/mol. The van der Waals surface area contributed by atoms with Crippen molar-refractivity contribution in [3.63, 3.8) is 0 Å². The Morgan fingerprint density at radius 1 is 1.36 bits per heavy atom. The lowest BCUT2D eigenvalue weighted by atomic mass is 10.2. The molecule has 0 aliphatic carbocycles. The highest BCUT2D eigenvalue weighted by Gasteiger charge is 2.10. The maximum atomic E-state index is 12.2. The normalized spacial score (nSPS) is 10.6. The maximum Gasteiger partial charge on any atom is 0.253 e. The number of nitrogens with one attached hydrogen (secondary N) is 2. The van der Waals surface area contributed by atoms with Gasteiger partial charge in [-0.1, -0.05) is 6.92 Å². The number of nitrogens with zero attached hydrogens (tertiary/aromatic N) is 4. The number of thiazole rings is 1. The minimum Gasteiger partial charge on any atom is -0.354 e. The summed E-state index contributed by atoms with van der Waals surface area (Å²) in [6.45, 7) is 3.17. The second-order valence-electron chi connectivity index (χ2n) is 5.61. The Labute approximate surface area is 150 Å². The lowest BCUT2D eigenvalue weighted by Crippen LogP contribution is -2.23. The number of hydrogen-bond acceptors (Lipinski definition) is 6. The van der Waals surface area contributed by atoms with E-state index in [-0.39, 0.29) is 5.91 Å². The van der Waals surface area contributed by atoms with E-state index >= 15 is 0 Å². The van der Waals surface area contributed by atoms with Crippen LogP contribution in [0.5, 0.6) is 0 Å². The SMILES string of the molecule is CCc1csc(CNC(=O)c2ccc(N(C)Cc3ccn[nH]3)nc2)n1. The molecule has 0 spiro atoms. The van der Waals surface area contributed by atoms with Crippen LogP contribution in [0, 0.1) is 0 Å². The minimum absolute atomic E-state index is 0.150. The van der Waals surface area contributed by atoms with Gasteiger partial charge >= 0.3 is 0 Å². The summed E-state index contributed by atoms with van der Waals surface area (Å²) in [7, 11) is 1.94. The highest BCUT2D eigenvalue weighted by Crippen LogP contribution is 2.13. The van der Waals surface area contributed by atoms with Crippen molar-refractivity contribution in [1.29, 1.82) is 0 Å². The van der Waals surface area contributed by atoms with Crippen LogP contribution in [-0.4, -0.2) is 33.1 Å². The molecule has 0 fully saturated rings. The average molecular weight is 356 g/mol. The van der Waals surface area contributed by atoms with E-state index in [9.17, 15) is 4.79 Å². The number of H-pyrrole nitrogens is 1. The van der Waals surface area contributed by atoms with Crippen LogP contribution in [0.25, 0.3) is 0 Å². The monoisotopic (exact) mass is 356 g/mol. The van der Waals surface area contributed by atoms with Crippen molar-refractivity contribution < 1.29 is 4.79 Å². The number of rotatable bonds is 7.